The molecule has 0 amide bonds. The van der Waals surface area contributed by atoms with Gasteiger partial charge in [-0.25, -0.2) is 0 Å². The molecule has 2 aromatic rings. The van der Waals surface area contributed by atoms with E-state index in [1.165, 1.54) is 27.2 Å². The van der Waals surface area contributed by atoms with E-state index in [9.17, 15) is 5.26 Å². The lowest BCUT2D eigenvalue weighted by atomic mass is 9.92. The first-order valence-corrected chi connectivity index (χ1v) is 8.78. The monoisotopic (exact) mass is 320 g/mol. The van der Waals surface area contributed by atoms with E-state index < -0.39 is 0 Å². The maximum atomic E-state index is 9.26. The Morgan fingerprint density at radius 2 is 2.00 bits per heavy atom. The molecule has 0 unspecified atom stereocenters. The van der Waals surface area contributed by atoms with Gasteiger partial charge in [-0.05, 0) is 61.0 Å². The van der Waals surface area contributed by atoms with Crippen molar-refractivity contribution in [3.8, 4) is 6.07 Å². The van der Waals surface area contributed by atoms with Crippen molar-refractivity contribution in [3.63, 3.8) is 0 Å². The Morgan fingerprint density at radius 3 is 2.78 bits per heavy atom. The molecule has 1 aliphatic heterocycles. The minimum absolute atomic E-state index is 0.728. The van der Waals surface area contributed by atoms with Crippen LogP contribution in [0.1, 0.15) is 28.7 Å². The molecule has 0 spiro atoms. The third-order valence-corrected chi connectivity index (χ3v) is 5.14. The Bertz CT molecular complexity index is 784. The molecule has 0 bridgehead atoms. The molecular formula is C20H20N2S. The zero-order valence-electron chi connectivity index (χ0n) is 13.5. The molecule has 0 radical (unpaired) electrons. The van der Waals surface area contributed by atoms with Crippen LogP contribution in [-0.2, 0) is 5.75 Å². The Balaban J connectivity index is 2.12. The Labute approximate surface area is 142 Å². The summed E-state index contributed by atoms with van der Waals surface area (Å²) in [6.07, 6.45) is 3.32. The van der Waals surface area contributed by atoms with E-state index >= 15 is 0 Å². The van der Waals surface area contributed by atoms with Crippen LogP contribution in [0.25, 0.3) is 5.57 Å². The summed E-state index contributed by atoms with van der Waals surface area (Å²) in [5.41, 5.74) is 5.79. The first-order valence-electron chi connectivity index (χ1n) is 7.79. The SMILES string of the molecule is CN(C)CC/C=C1\c2cc(C#N)ccc2CSc2ccccc21. The number of benzene rings is 2. The van der Waals surface area contributed by atoms with Crippen LogP contribution in [0.2, 0.25) is 0 Å². The fraction of sp³-hybridized carbons (Fsp3) is 0.250. The Morgan fingerprint density at radius 1 is 1.17 bits per heavy atom. The summed E-state index contributed by atoms with van der Waals surface area (Å²) in [6, 6.07) is 16.9. The van der Waals surface area contributed by atoms with Crippen molar-refractivity contribution in [2.75, 3.05) is 20.6 Å². The smallest absolute Gasteiger partial charge is 0.0991 e. The highest BCUT2D eigenvalue weighted by Crippen LogP contribution is 2.40. The van der Waals surface area contributed by atoms with E-state index in [0.717, 1.165) is 24.3 Å². The number of hydrogen-bond acceptors (Lipinski definition) is 3. The standard InChI is InChI=1S/C20H20N2S/c1-22(2)11-5-7-17-18-6-3-4-8-20(18)23-14-16-10-9-15(13-21)12-19(16)17/h3-4,6-10,12H,5,11,14H2,1-2H3/b17-7-. The summed E-state index contributed by atoms with van der Waals surface area (Å²) in [4.78, 5) is 3.51. The van der Waals surface area contributed by atoms with Gasteiger partial charge in [0.2, 0.25) is 0 Å². The van der Waals surface area contributed by atoms with Gasteiger partial charge in [-0.3, -0.25) is 0 Å². The summed E-state index contributed by atoms with van der Waals surface area (Å²) in [5, 5.41) is 9.26. The van der Waals surface area contributed by atoms with Crippen molar-refractivity contribution in [1.29, 1.82) is 5.26 Å². The predicted molar refractivity (Wildman–Crippen MR) is 97.4 cm³/mol. The van der Waals surface area contributed by atoms with Crippen LogP contribution in [0.3, 0.4) is 0 Å². The third kappa shape index (κ3) is 3.50. The van der Waals surface area contributed by atoms with Crippen LogP contribution in [0.5, 0.6) is 0 Å². The van der Waals surface area contributed by atoms with E-state index in [0.29, 0.717) is 0 Å². The van der Waals surface area contributed by atoms with Crippen LogP contribution in [0, 0.1) is 11.3 Å². The predicted octanol–water partition coefficient (Wildman–Crippen LogP) is 4.55. The van der Waals surface area contributed by atoms with Gasteiger partial charge < -0.3 is 4.90 Å². The zero-order chi connectivity index (χ0) is 16.2. The van der Waals surface area contributed by atoms with E-state index in [2.05, 4.69) is 61.5 Å². The summed E-state index contributed by atoms with van der Waals surface area (Å²) in [7, 11) is 4.19. The lowest BCUT2D eigenvalue weighted by molar-refractivity contribution is 0.417. The van der Waals surface area contributed by atoms with Crippen LogP contribution >= 0.6 is 11.8 Å². The second-order valence-electron chi connectivity index (χ2n) is 5.98. The van der Waals surface area contributed by atoms with Crippen molar-refractivity contribution < 1.29 is 0 Å². The molecule has 116 valence electrons. The number of hydrogen-bond donors (Lipinski definition) is 0. The largest absolute Gasteiger partial charge is 0.309 e. The first-order chi connectivity index (χ1) is 11.2. The molecule has 2 aromatic carbocycles. The highest BCUT2D eigenvalue weighted by Gasteiger charge is 2.18. The molecular weight excluding hydrogens is 300 g/mol. The van der Waals surface area contributed by atoms with E-state index in [1.807, 2.05) is 23.9 Å². The van der Waals surface area contributed by atoms with Gasteiger partial charge in [0.1, 0.15) is 0 Å². The van der Waals surface area contributed by atoms with Crippen LogP contribution < -0.4 is 0 Å². The zero-order valence-corrected chi connectivity index (χ0v) is 14.4. The van der Waals surface area contributed by atoms with Crippen molar-refractivity contribution in [3.05, 3.63) is 70.8 Å². The number of rotatable bonds is 3. The average Bonchev–Trinajstić information content (AvgIpc) is 2.71. The van der Waals surface area contributed by atoms with Crippen LogP contribution in [0.4, 0.5) is 0 Å². The molecule has 3 rings (SSSR count). The quantitative estimate of drug-likeness (QED) is 0.830. The molecule has 0 saturated carbocycles. The molecule has 0 fully saturated rings. The number of thioether (sulfide) groups is 1. The number of fused-ring (bicyclic) bond motifs is 2. The Kier molecular flexibility index (Phi) is 4.85. The second kappa shape index (κ2) is 7.04. The average molecular weight is 320 g/mol. The fourth-order valence-corrected chi connectivity index (χ4v) is 3.90. The molecule has 2 nitrogen and oxygen atoms in total. The minimum atomic E-state index is 0.728. The highest BCUT2D eigenvalue weighted by molar-refractivity contribution is 7.98. The molecule has 0 N–H and O–H groups in total. The molecule has 23 heavy (non-hydrogen) atoms. The molecule has 0 aromatic heterocycles. The topological polar surface area (TPSA) is 27.0 Å². The summed E-state index contributed by atoms with van der Waals surface area (Å²) >= 11 is 1.88. The lowest BCUT2D eigenvalue weighted by Gasteiger charge is -2.13. The fourth-order valence-electron chi connectivity index (χ4n) is 2.83. The van der Waals surface area contributed by atoms with Gasteiger partial charge in [0, 0.05) is 17.2 Å². The summed E-state index contributed by atoms with van der Waals surface area (Å²) in [5.74, 6) is 0.947. The summed E-state index contributed by atoms with van der Waals surface area (Å²) < 4.78 is 0. The Hall–Kier alpha value is -2.02. The minimum Gasteiger partial charge on any atom is -0.309 e. The van der Waals surface area contributed by atoms with Gasteiger partial charge in [-0.1, -0.05) is 30.3 Å². The lowest BCUT2D eigenvalue weighted by Crippen LogP contribution is -2.12. The van der Waals surface area contributed by atoms with Crippen molar-refractivity contribution in [1.82, 2.24) is 4.90 Å². The normalized spacial score (nSPS) is 15.0. The van der Waals surface area contributed by atoms with Crippen molar-refractivity contribution in [2.24, 2.45) is 0 Å². The first kappa shape index (κ1) is 15.9. The number of nitrogens with zero attached hydrogens (tertiary/aromatic N) is 2. The van der Waals surface area contributed by atoms with Crippen molar-refractivity contribution in [2.45, 2.75) is 17.1 Å². The molecule has 0 atom stereocenters. The number of nitriles is 1. The summed E-state index contributed by atoms with van der Waals surface area (Å²) in [6.45, 7) is 1.02. The molecule has 0 aliphatic carbocycles. The van der Waals surface area contributed by atoms with Crippen LogP contribution in [0.15, 0.2) is 53.4 Å². The maximum Gasteiger partial charge on any atom is 0.0991 e. The van der Waals surface area contributed by atoms with Gasteiger partial charge in [0.05, 0.1) is 11.6 Å². The van der Waals surface area contributed by atoms with Gasteiger partial charge >= 0.3 is 0 Å². The molecule has 3 heteroatoms. The van der Waals surface area contributed by atoms with Gasteiger partial charge in [0.25, 0.3) is 0 Å². The highest BCUT2D eigenvalue weighted by atomic mass is 32.2. The third-order valence-electron chi connectivity index (χ3n) is 4.01. The molecule has 1 heterocycles. The van der Waals surface area contributed by atoms with Gasteiger partial charge in [-0.15, -0.1) is 11.8 Å². The molecule has 1 aliphatic rings. The van der Waals surface area contributed by atoms with E-state index in [1.54, 1.807) is 0 Å². The second-order valence-corrected chi connectivity index (χ2v) is 7.00. The van der Waals surface area contributed by atoms with E-state index in [-0.39, 0.29) is 0 Å². The van der Waals surface area contributed by atoms with E-state index in [4.69, 9.17) is 0 Å². The van der Waals surface area contributed by atoms with Crippen molar-refractivity contribution >= 4 is 17.3 Å². The maximum absolute atomic E-state index is 9.26. The molecule has 0 saturated heterocycles. The van der Waals surface area contributed by atoms with Crippen LogP contribution in [-0.4, -0.2) is 25.5 Å². The van der Waals surface area contributed by atoms with Gasteiger partial charge in [0.15, 0.2) is 0 Å². The van der Waals surface area contributed by atoms with Gasteiger partial charge in [-0.2, -0.15) is 5.26 Å².